The SMILES string of the molecule is CCC(O)C(C)(C)[C@@H](O)C/C(C)=C(\C)[C@H](C)OC(=O)C(O)[C@H](CC(C)C)NC(=O)OC(C)(C)C. The second-order valence-corrected chi connectivity index (χ2v) is 11.3. The molecule has 0 radical (unpaired) electrons. The molecule has 0 bridgehead atoms. The average molecular weight is 488 g/mol. The number of aliphatic hydroxyl groups excluding tert-OH is 3. The summed E-state index contributed by atoms with van der Waals surface area (Å²) in [4.78, 5) is 24.9. The first-order valence-corrected chi connectivity index (χ1v) is 12.2. The Morgan fingerprint density at radius 1 is 0.941 bits per heavy atom. The largest absolute Gasteiger partial charge is 0.456 e. The summed E-state index contributed by atoms with van der Waals surface area (Å²) in [5, 5.41) is 34.1. The summed E-state index contributed by atoms with van der Waals surface area (Å²) in [6.07, 6.45) is -3.13. The van der Waals surface area contributed by atoms with Crippen LogP contribution >= 0.6 is 0 Å². The van der Waals surface area contributed by atoms with Gasteiger partial charge in [-0.05, 0) is 72.3 Å². The first kappa shape index (κ1) is 32.4. The molecular weight excluding hydrogens is 438 g/mol. The van der Waals surface area contributed by atoms with Gasteiger partial charge in [-0.3, -0.25) is 0 Å². The highest BCUT2D eigenvalue weighted by Crippen LogP contribution is 2.32. The minimum atomic E-state index is -1.56. The van der Waals surface area contributed by atoms with Gasteiger partial charge >= 0.3 is 12.1 Å². The number of ether oxygens (including phenoxy) is 2. The van der Waals surface area contributed by atoms with Crippen molar-refractivity contribution in [3.8, 4) is 0 Å². The van der Waals surface area contributed by atoms with Gasteiger partial charge in [-0.25, -0.2) is 9.59 Å². The third kappa shape index (κ3) is 10.7. The molecule has 5 atom stereocenters. The molecule has 0 heterocycles. The molecule has 1 amide bonds. The molecule has 0 saturated carbocycles. The fourth-order valence-electron chi connectivity index (χ4n) is 3.54. The van der Waals surface area contributed by atoms with Crippen molar-refractivity contribution in [1.29, 1.82) is 0 Å². The fraction of sp³-hybridized carbons (Fsp3) is 0.846. The molecule has 0 aliphatic rings. The zero-order valence-corrected chi connectivity index (χ0v) is 23.1. The molecule has 0 aromatic rings. The van der Waals surface area contributed by atoms with E-state index in [1.807, 2.05) is 41.5 Å². The number of carbonyl (C=O) groups excluding carboxylic acids is 2. The van der Waals surface area contributed by atoms with Gasteiger partial charge < -0.3 is 30.1 Å². The van der Waals surface area contributed by atoms with Gasteiger partial charge in [0.1, 0.15) is 11.7 Å². The number of esters is 1. The Bertz CT molecular complexity index is 694. The lowest BCUT2D eigenvalue weighted by Crippen LogP contribution is -2.50. The number of aliphatic hydroxyl groups is 3. The lowest BCUT2D eigenvalue weighted by Gasteiger charge is -2.35. The van der Waals surface area contributed by atoms with E-state index >= 15 is 0 Å². The highest BCUT2D eigenvalue weighted by Gasteiger charge is 2.35. The Hall–Kier alpha value is -1.64. The maximum absolute atomic E-state index is 12.7. The fourth-order valence-corrected chi connectivity index (χ4v) is 3.54. The lowest BCUT2D eigenvalue weighted by molar-refractivity contribution is -0.158. The molecule has 4 N–H and O–H groups in total. The van der Waals surface area contributed by atoms with Crippen LogP contribution in [-0.4, -0.2) is 63.4 Å². The zero-order valence-electron chi connectivity index (χ0n) is 23.1. The van der Waals surface area contributed by atoms with Crippen molar-refractivity contribution in [2.75, 3.05) is 0 Å². The molecule has 0 aliphatic heterocycles. The summed E-state index contributed by atoms with van der Waals surface area (Å²) in [6.45, 7) is 19.9. The maximum Gasteiger partial charge on any atom is 0.407 e. The smallest absolute Gasteiger partial charge is 0.407 e. The third-order valence-corrected chi connectivity index (χ3v) is 6.23. The number of alkyl carbamates (subject to hydrolysis) is 1. The van der Waals surface area contributed by atoms with Gasteiger partial charge in [-0.15, -0.1) is 0 Å². The van der Waals surface area contributed by atoms with Crippen molar-refractivity contribution in [1.82, 2.24) is 5.32 Å². The predicted octanol–water partition coefficient (Wildman–Crippen LogP) is 4.10. The Morgan fingerprint density at radius 3 is 1.91 bits per heavy atom. The van der Waals surface area contributed by atoms with Crippen LogP contribution in [0.4, 0.5) is 4.79 Å². The van der Waals surface area contributed by atoms with E-state index in [-0.39, 0.29) is 5.92 Å². The van der Waals surface area contributed by atoms with Crippen molar-refractivity contribution >= 4 is 12.1 Å². The van der Waals surface area contributed by atoms with E-state index in [9.17, 15) is 24.9 Å². The van der Waals surface area contributed by atoms with Gasteiger partial charge in [0.05, 0.1) is 18.2 Å². The van der Waals surface area contributed by atoms with Gasteiger partial charge in [0.2, 0.25) is 0 Å². The Morgan fingerprint density at radius 2 is 1.47 bits per heavy atom. The average Bonchev–Trinajstić information content (AvgIpc) is 2.69. The molecule has 0 saturated heterocycles. The van der Waals surface area contributed by atoms with E-state index < -0.39 is 53.5 Å². The number of rotatable bonds is 12. The van der Waals surface area contributed by atoms with E-state index in [0.29, 0.717) is 19.3 Å². The number of hydrogen-bond acceptors (Lipinski definition) is 7. The standard InChI is InChI=1S/C26H49NO7/c1-12-20(28)26(10,11)21(29)14-16(4)17(5)18(6)33-23(31)22(30)19(13-15(2)3)27-24(32)34-25(7,8)9/h15,18-22,28-30H,12-14H2,1-11H3,(H,27,32)/b17-16+/t18-,19-,20?,21-,22?/m0/s1. The summed E-state index contributed by atoms with van der Waals surface area (Å²) in [7, 11) is 0. The Balaban J connectivity index is 5.34. The number of nitrogens with one attached hydrogen (secondary N) is 1. The van der Waals surface area contributed by atoms with E-state index in [1.165, 1.54) is 0 Å². The minimum absolute atomic E-state index is 0.104. The molecule has 2 unspecified atom stereocenters. The molecular formula is C26H49NO7. The third-order valence-electron chi connectivity index (χ3n) is 6.23. The summed E-state index contributed by atoms with van der Waals surface area (Å²) in [5.41, 5.74) is 0.188. The van der Waals surface area contributed by atoms with Crippen LogP contribution in [0.1, 0.15) is 95.4 Å². The zero-order chi connectivity index (χ0) is 27.0. The van der Waals surface area contributed by atoms with Crippen molar-refractivity contribution in [3.63, 3.8) is 0 Å². The van der Waals surface area contributed by atoms with Gasteiger partial charge in [0.25, 0.3) is 0 Å². The molecule has 200 valence electrons. The molecule has 0 aromatic heterocycles. The van der Waals surface area contributed by atoms with Crippen molar-refractivity contribution in [2.24, 2.45) is 11.3 Å². The highest BCUT2D eigenvalue weighted by atomic mass is 16.6. The van der Waals surface area contributed by atoms with Crippen LogP contribution in [-0.2, 0) is 14.3 Å². The number of hydrogen-bond donors (Lipinski definition) is 4. The summed E-state index contributed by atoms with van der Waals surface area (Å²) in [5.74, 6) is -0.740. The Kier molecular flexibility index (Phi) is 12.8. The quantitative estimate of drug-likeness (QED) is 0.241. The molecule has 0 fully saturated rings. The number of amides is 1. The van der Waals surface area contributed by atoms with Crippen LogP contribution in [0.2, 0.25) is 0 Å². The first-order valence-electron chi connectivity index (χ1n) is 12.2. The summed E-state index contributed by atoms with van der Waals surface area (Å²) >= 11 is 0. The molecule has 8 heteroatoms. The predicted molar refractivity (Wildman–Crippen MR) is 133 cm³/mol. The van der Waals surface area contributed by atoms with E-state index in [2.05, 4.69) is 5.32 Å². The second-order valence-electron chi connectivity index (χ2n) is 11.3. The van der Waals surface area contributed by atoms with Crippen LogP contribution in [0.3, 0.4) is 0 Å². The van der Waals surface area contributed by atoms with Crippen LogP contribution in [0, 0.1) is 11.3 Å². The number of carbonyl (C=O) groups is 2. The molecule has 0 aliphatic carbocycles. The van der Waals surface area contributed by atoms with Gasteiger partial charge in [0, 0.05) is 5.41 Å². The van der Waals surface area contributed by atoms with Gasteiger partial charge in [0.15, 0.2) is 6.10 Å². The molecule has 0 spiro atoms. The summed E-state index contributed by atoms with van der Waals surface area (Å²) in [6, 6.07) is -0.863. The van der Waals surface area contributed by atoms with Gasteiger partial charge in [-0.2, -0.15) is 0 Å². The minimum Gasteiger partial charge on any atom is -0.456 e. The van der Waals surface area contributed by atoms with Crippen molar-refractivity contribution in [2.45, 2.75) is 131 Å². The van der Waals surface area contributed by atoms with Crippen LogP contribution in [0.15, 0.2) is 11.1 Å². The van der Waals surface area contributed by atoms with Crippen LogP contribution in [0.25, 0.3) is 0 Å². The van der Waals surface area contributed by atoms with E-state index in [0.717, 1.165) is 11.1 Å². The van der Waals surface area contributed by atoms with Gasteiger partial charge in [-0.1, -0.05) is 40.2 Å². The summed E-state index contributed by atoms with van der Waals surface area (Å²) < 4.78 is 10.8. The van der Waals surface area contributed by atoms with Crippen molar-refractivity contribution < 1.29 is 34.4 Å². The monoisotopic (exact) mass is 487 g/mol. The highest BCUT2D eigenvalue weighted by molar-refractivity contribution is 5.77. The second kappa shape index (κ2) is 13.4. The van der Waals surface area contributed by atoms with Crippen LogP contribution < -0.4 is 5.32 Å². The molecule has 34 heavy (non-hydrogen) atoms. The van der Waals surface area contributed by atoms with Crippen molar-refractivity contribution in [3.05, 3.63) is 11.1 Å². The molecule has 0 rings (SSSR count). The first-order chi connectivity index (χ1) is 15.3. The molecule has 8 nitrogen and oxygen atoms in total. The molecule has 0 aromatic carbocycles. The topological polar surface area (TPSA) is 125 Å². The lowest BCUT2D eigenvalue weighted by atomic mass is 9.77. The van der Waals surface area contributed by atoms with E-state index in [4.69, 9.17) is 9.47 Å². The normalized spacial score (nSPS) is 17.9. The Labute approximate surface area is 206 Å². The van der Waals surface area contributed by atoms with E-state index in [1.54, 1.807) is 34.6 Å². The maximum atomic E-state index is 12.7. The van der Waals surface area contributed by atoms with Crippen LogP contribution in [0.5, 0.6) is 0 Å².